The molecule has 8 heteroatoms. The van der Waals surface area contributed by atoms with E-state index in [2.05, 4.69) is 15.6 Å². The zero-order valence-corrected chi connectivity index (χ0v) is 14.9. The molecule has 1 N–H and O–H groups in total. The van der Waals surface area contributed by atoms with Gasteiger partial charge in [-0.15, -0.1) is 5.10 Å². The Bertz CT molecular complexity index is 715. The molecule has 1 amide bonds. The smallest absolute Gasteiger partial charge is 0.275 e. The second kappa shape index (κ2) is 8.31. The SMILES string of the molecule is CN(CCOc1ccccc1Cl)C(=O)c1cn(C2CCNCC2)nn1. The zero-order chi connectivity index (χ0) is 17.6. The van der Waals surface area contributed by atoms with Crippen molar-refractivity contribution in [1.29, 1.82) is 0 Å². The predicted molar refractivity (Wildman–Crippen MR) is 95.1 cm³/mol. The molecule has 2 heterocycles. The van der Waals surface area contributed by atoms with Crippen LogP contribution in [0, 0.1) is 0 Å². The minimum atomic E-state index is -0.164. The summed E-state index contributed by atoms with van der Waals surface area (Å²) >= 11 is 6.04. The van der Waals surface area contributed by atoms with E-state index >= 15 is 0 Å². The molecule has 1 fully saturated rings. The molecule has 25 heavy (non-hydrogen) atoms. The van der Waals surface area contributed by atoms with Gasteiger partial charge in [0.25, 0.3) is 5.91 Å². The Labute approximate surface area is 151 Å². The van der Waals surface area contributed by atoms with Gasteiger partial charge >= 0.3 is 0 Å². The third-order valence-corrected chi connectivity index (χ3v) is 4.59. The Morgan fingerprint density at radius 3 is 2.92 bits per heavy atom. The standard InChI is InChI=1S/C17H22ClN5O2/c1-22(10-11-25-16-5-3-2-4-14(16)18)17(24)15-12-23(21-20-15)13-6-8-19-9-7-13/h2-5,12-13,19H,6-11H2,1H3. The van der Waals surface area contributed by atoms with Crippen LogP contribution in [-0.2, 0) is 0 Å². The van der Waals surface area contributed by atoms with E-state index in [1.165, 1.54) is 0 Å². The molecule has 0 bridgehead atoms. The lowest BCUT2D eigenvalue weighted by Gasteiger charge is -2.22. The fourth-order valence-corrected chi connectivity index (χ4v) is 2.97. The molecule has 0 atom stereocenters. The van der Waals surface area contributed by atoms with Gasteiger partial charge in [-0.25, -0.2) is 4.68 Å². The summed E-state index contributed by atoms with van der Waals surface area (Å²) in [5.41, 5.74) is 0.360. The number of hydrogen-bond acceptors (Lipinski definition) is 5. The second-order valence-electron chi connectivity index (χ2n) is 6.07. The molecule has 1 aromatic heterocycles. The summed E-state index contributed by atoms with van der Waals surface area (Å²) in [7, 11) is 1.72. The number of benzene rings is 1. The van der Waals surface area contributed by atoms with Crippen molar-refractivity contribution in [2.24, 2.45) is 0 Å². The minimum absolute atomic E-state index is 0.164. The Balaban J connectivity index is 1.52. The van der Waals surface area contributed by atoms with Gasteiger partial charge in [-0.05, 0) is 38.1 Å². The van der Waals surface area contributed by atoms with Crippen molar-refractivity contribution in [1.82, 2.24) is 25.2 Å². The van der Waals surface area contributed by atoms with Crippen LogP contribution in [0.5, 0.6) is 5.75 Å². The van der Waals surface area contributed by atoms with Gasteiger partial charge in [-0.1, -0.05) is 28.9 Å². The first-order valence-corrected chi connectivity index (χ1v) is 8.78. The Kier molecular flexibility index (Phi) is 5.88. The molecule has 134 valence electrons. The van der Waals surface area contributed by atoms with Crippen molar-refractivity contribution in [2.45, 2.75) is 18.9 Å². The maximum Gasteiger partial charge on any atom is 0.275 e. The van der Waals surface area contributed by atoms with Crippen LogP contribution in [0.3, 0.4) is 0 Å². The van der Waals surface area contributed by atoms with E-state index in [9.17, 15) is 4.79 Å². The van der Waals surface area contributed by atoms with Crippen LogP contribution in [-0.4, -0.2) is 59.1 Å². The first-order valence-electron chi connectivity index (χ1n) is 8.40. The van der Waals surface area contributed by atoms with Gasteiger partial charge in [0, 0.05) is 7.05 Å². The lowest BCUT2D eigenvalue weighted by atomic mass is 10.1. The maximum absolute atomic E-state index is 12.5. The molecular formula is C17H22ClN5O2. The summed E-state index contributed by atoms with van der Waals surface area (Å²) in [6.45, 7) is 2.72. The number of likely N-dealkylation sites (N-methyl/N-ethyl adjacent to an activating group) is 1. The highest BCUT2D eigenvalue weighted by molar-refractivity contribution is 6.32. The molecule has 7 nitrogen and oxygen atoms in total. The second-order valence-corrected chi connectivity index (χ2v) is 6.48. The number of carbonyl (C=O) groups is 1. The number of piperidine rings is 1. The lowest BCUT2D eigenvalue weighted by Crippen LogP contribution is -2.31. The van der Waals surface area contributed by atoms with E-state index in [-0.39, 0.29) is 5.91 Å². The van der Waals surface area contributed by atoms with Crippen molar-refractivity contribution in [3.8, 4) is 5.75 Å². The summed E-state index contributed by atoms with van der Waals surface area (Å²) in [4.78, 5) is 14.0. The van der Waals surface area contributed by atoms with Gasteiger partial charge < -0.3 is 15.0 Å². The van der Waals surface area contributed by atoms with Crippen LogP contribution in [0.2, 0.25) is 5.02 Å². The molecule has 3 rings (SSSR count). The summed E-state index contributed by atoms with van der Waals surface area (Å²) < 4.78 is 7.43. The molecule has 0 radical (unpaired) electrons. The number of aromatic nitrogens is 3. The van der Waals surface area contributed by atoms with Gasteiger partial charge in [0.2, 0.25) is 0 Å². The third-order valence-electron chi connectivity index (χ3n) is 4.28. The van der Waals surface area contributed by atoms with Gasteiger partial charge in [0.05, 0.1) is 23.8 Å². The molecule has 1 aliphatic heterocycles. The molecule has 1 saturated heterocycles. The van der Waals surface area contributed by atoms with E-state index in [1.54, 1.807) is 30.3 Å². The molecule has 0 unspecified atom stereocenters. The van der Waals surface area contributed by atoms with Crippen LogP contribution in [0.25, 0.3) is 0 Å². The molecule has 0 saturated carbocycles. The number of nitrogens with one attached hydrogen (secondary N) is 1. The van der Waals surface area contributed by atoms with Gasteiger partial charge in [-0.2, -0.15) is 0 Å². The van der Waals surface area contributed by atoms with Gasteiger partial charge in [-0.3, -0.25) is 4.79 Å². The molecular weight excluding hydrogens is 342 g/mol. The Hall–Kier alpha value is -2.12. The van der Waals surface area contributed by atoms with Crippen LogP contribution in [0.4, 0.5) is 0 Å². The van der Waals surface area contributed by atoms with Crippen LogP contribution in [0.1, 0.15) is 29.4 Å². The van der Waals surface area contributed by atoms with E-state index < -0.39 is 0 Å². The summed E-state index contributed by atoms with van der Waals surface area (Å²) in [5, 5.41) is 12.0. The Morgan fingerprint density at radius 1 is 1.40 bits per heavy atom. The number of hydrogen-bond donors (Lipinski definition) is 1. The van der Waals surface area contributed by atoms with Crippen molar-refractivity contribution in [3.05, 3.63) is 41.2 Å². The van der Waals surface area contributed by atoms with Crippen LogP contribution in [0.15, 0.2) is 30.5 Å². The Morgan fingerprint density at radius 2 is 2.16 bits per heavy atom. The van der Waals surface area contributed by atoms with E-state index in [1.807, 2.05) is 16.8 Å². The van der Waals surface area contributed by atoms with E-state index in [0.29, 0.717) is 35.7 Å². The van der Waals surface area contributed by atoms with Crippen molar-refractivity contribution < 1.29 is 9.53 Å². The number of nitrogens with zero attached hydrogens (tertiary/aromatic N) is 4. The van der Waals surface area contributed by atoms with Gasteiger partial charge in [0.15, 0.2) is 5.69 Å². The minimum Gasteiger partial charge on any atom is -0.490 e. The zero-order valence-electron chi connectivity index (χ0n) is 14.2. The average Bonchev–Trinajstić information content (AvgIpc) is 3.13. The monoisotopic (exact) mass is 363 g/mol. The fourth-order valence-electron chi connectivity index (χ4n) is 2.78. The quantitative estimate of drug-likeness (QED) is 0.850. The van der Waals surface area contributed by atoms with E-state index in [0.717, 1.165) is 25.9 Å². The van der Waals surface area contributed by atoms with Crippen molar-refractivity contribution >= 4 is 17.5 Å². The highest BCUT2D eigenvalue weighted by Crippen LogP contribution is 2.23. The van der Waals surface area contributed by atoms with Crippen molar-refractivity contribution in [3.63, 3.8) is 0 Å². The average molecular weight is 364 g/mol. The molecule has 1 aromatic carbocycles. The number of halogens is 1. The number of amides is 1. The van der Waals surface area contributed by atoms with E-state index in [4.69, 9.17) is 16.3 Å². The molecule has 1 aliphatic rings. The predicted octanol–water partition coefficient (Wildman–Crippen LogP) is 2.01. The summed E-state index contributed by atoms with van der Waals surface area (Å²) in [5.74, 6) is 0.449. The number of para-hydroxylation sites is 1. The van der Waals surface area contributed by atoms with Gasteiger partial charge in [0.1, 0.15) is 12.4 Å². The molecule has 0 aliphatic carbocycles. The number of carbonyl (C=O) groups excluding carboxylic acids is 1. The fraction of sp³-hybridized carbons (Fsp3) is 0.471. The maximum atomic E-state index is 12.5. The number of rotatable bonds is 6. The lowest BCUT2D eigenvalue weighted by molar-refractivity contribution is 0.0768. The molecule has 0 spiro atoms. The largest absolute Gasteiger partial charge is 0.490 e. The first kappa shape index (κ1) is 17.7. The highest BCUT2D eigenvalue weighted by Gasteiger charge is 2.20. The van der Waals surface area contributed by atoms with Crippen molar-refractivity contribution in [2.75, 3.05) is 33.3 Å². The molecule has 2 aromatic rings. The summed E-state index contributed by atoms with van der Waals surface area (Å²) in [6.07, 6.45) is 3.74. The first-order chi connectivity index (χ1) is 12.1. The topological polar surface area (TPSA) is 72.3 Å². The normalized spacial score (nSPS) is 15.1. The van der Waals surface area contributed by atoms with Crippen LogP contribution >= 0.6 is 11.6 Å². The van der Waals surface area contributed by atoms with Crippen LogP contribution < -0.4 is 10.1 Å². The highest BCUT2D eigenvalue weighted by atomic mass is 35.5. The third kappa shape index (κ3) is 4.49. The number of ether oxygens (including phenoxy) is 1. The summed E-state index contributed by atoms with van der Waals surface area (Å²) in [6, 6.07) is 7.58.